The molecule has 0 saturated heterocycles. The minimum atomic E-state index is -0.789. The molecule has 212 valence electrons. The van der Waals surface area contributed by atoms with Crippen LogP contribution in [0.2, 0.25) is 0 Å². The molecule has 3 aromatic carbocycles. The minimum Gasteiger partial charge on any atom is -0.508 e. The van der Waals surface area contributed by atoms with Crippen molar-refractivity contribution in [2.24, 2.45) is 0 Å². The smallest absolute Gasteiger partial charge is 0.268 e. The van der Waals surface area contributed by atoms with Gasteiger partial charge in [-0.25, -0.2) is 0 Å². The lowest BCUT2D eigenvalue weighted by Gasteiger charge is -2.18. The third-order valence-corrected chi connectivity index (χ3v) is 6.81. The molecular weight excluding hydrogens is 514 g/mol. The third-order valence-electron chi connectivity index (χ3n) is 6.81. The van der Waals surface area contributed by atoms with E-state index < -0.39 is 6.10 Å². The summed E-state index contributed by atoms with van der Waals surface area (Å²) in [4.78, 5) is 16.1. The number of aliphatic hydroxyl groups excluding tert-OH is 2. The van der Waals surface area contributed by atoms with Gasteiger partial charge in [-0.05, 0) is 54.8 Å². The predicted molar refractivity (Wildman–Crippen MR) is 151 cm³/mol. The molecule has 1 heterocycles. The molecule has 0 radical (unpaired) electrons. The number of hydrogen-bond donors (Lipinski definition) is 7. The van der Waals surface area contributed by atoms with Gasteiger partial charge in [0.2, 0.25) is 0 Å². The van der Waals surface area contributed by atoms with Crippen molar-refractivity contribution in [3.05, 3.63) is 82.5 Å². The maximum absolute atomic E-state index is 12.9. The SMILES string of the molecule is COc1cc(O)cc(OC)c1CNC(=O)c1cc2cc(C[C@@H](C)NC[C@H](O)c3ccc(O)c(CO)c3)ccc2[nH]1. The molecule has 10 heteroatoms. The lowest BCUT2D eigenvalue weighted by molar-refractivity contribution is 0.0946. The first-order valence-electron chi connectivity index (χ1n) is 12.9. The molecular formula is C30H35N3O7. The quantitative estimate of drug-likeness (QED) is 0.142. The first-order chi connectivity index (χ1) is 19.2. The second-order valence-corrected chi connectivity index (χ2v) is 9.69. The van der Waals surface area contributed by atoms with E-state index in [0.29, 0.717) is 46.8 Å². The number of H-pyrrole nitrogens is 1. The standard InChI is InChI=1S/C30H35N3O7/c1-17(31-15-27(37)19-5-7-26(36)21(10-19)16-34)8-18-4-6-24-20(9-18)11-25(33-24)30(38)32-14-23-28(39-2)12-22(35)13-29(23)40-3/h4-7,9-13,17,27,31,33-37H,8,14-16H2,1-3H3,(H,32,38)/t17-,27+/m1/s1. The molecule has 7 N–H and O–H groups in total. The van der Waals surface area contributed by atoms with Crippen LogP contribution in [0.25, 0.3) is 10.9 Å². The van der Waals surface area contributed by atoms with Crippen LogP contribution in [-0.4, -0.2) is 58.1 Å². The van der Waals surface area contributed by atoms with Crippen molar-refractivity contribution in [2.45, 2.75) is 38.6 Å². The predicted octanol–water partition coefficient (Wildman–Crippen LogP) is 3.27. The van der Waals surface area contributed by atoms with Crippen LogP contribution in [0.4, 0.5) is 0 Å². The second kappa shape index (κ2) is 12.7. The topological polar surface area (TPSA) is 156 Å². The second-order valence-electron chi connectivity index (χ2n) is 9.69. The van der Waals surface area contributed by atoms with Gasteiger partial charge < -0.3 is 45.5 Å². The van der Waals surface area contributed by atoms with Crippen LogP contribution in [0, 0.1) is 0 Å². The van der Waals surface area contributed by atoms with Crippen molar-refractivity contribution in [1.29, 1.82) is 0 Å². The fourth-order valence-corrected chi connectivity index (χ4v) is 4.64. The Bertz CT molecular complexity index is 1460. The molecule has 0 fully saturated rings. The highest BCUT2D eigenvalue weighted by molar-refractivity contribution is 5.98. The van der Waals surface area contributed by atoms with Crippen molar-refractivity contribution in [1.82, 2.24) is 15.6 Å². The summed E-state index contributed by atoms with van der Waals surface area (Å²) in [6.45, 7) is 2.18. The number of phenols is 2. The van der Waals surface area contributed by atoms with Gasteiger partial charge in [-0.3, -0.25) is 4.79 Å². The zero-order valence-corrected chi connectivity index (χ0v) is 22.7. The van der Waals surface area contributed by atoms with E-state index in [-0.39, 0.29) is 36.6 Å². The summed E-state index contributed by atoms with van der Waals surface area (Å²) in [7, 11) is 2.97. The molecule has 4 aromatic rings. The highest BCUT2D eigenvalue weighted by atomic mass is 16.5. The van der Waals surface area contributed by atoms with Gasteiger partial charge in [-0.1, -0.05) is 12.1 Å². The largest absolute Gasteiger partial charge is 0.508 e. The van der Waals surface area contributed by atoms with Crippen molar-refractivity contribution < 1.29 is 34.7 Å². The monoisotopic (exact) mass is 549 g/mol. The van der Waals surface area contributed by atoms with Crippen LogP contribution in [0.3, 0.4) is 0 Å². The van der Waals surface area contributed by atoms with E-state index >= 15 is 0 Å². The molecule has 0 aliphatic rings. The number of carbonyl (C=O) groups is 1. The van der Waals surface area contributed by atoms with Crippen LogP contribution in [0.1, 0.15) is 45.8 Å². The summed E-state index contributed by atoms with van der Waals surface area (Å²) < 4.78 is 10.7. The molecule has 1 amide bonds. The number of hydrogen-bond acceptors (Lipinski definition) is 8. The zero-order valence-electron chi connectivity index (χ0n) is 22.7. The van der Waals surface area contributed by atoms with E-state index in [1.165, 1.54) is 32.4 Å². The number of rotatable bonds is 12. The molecule has 0 spiro atoms. The molecule has 4 rings (SSSR count). The fraction of sp³-hybridized carbons (Fsp3) is 0.300. The first-order valence-corrected chi connectivity index (χ1v) is 12.9. The maximum atomic E-state index is 12.9. The van der Waals surface area contributed by atoms with E-state index in [4.69, 9.17) is 9.47 Å². The Morgan fingerprint density at radius 1 is 1.00 bits per heavy atom. The van der Waals surface area contributed by atoms with Crippen LogP contribution in [0.15, 0.2) is 54.6 Å². The number of benzene rings is 3. The van der Waals surface area contributed by atoms with E-state index in [1.807, 2.05) is 25.1 Å². The van der Waals surface area contributed by atoms with Gasteiger partial charge in [0, 0.05) is 41.2 Å². The number of aromatic hydroxyl groups is 2. The van der Waals surface area contributed by atoms with E-state index in [9.17, 15) is 25.2 Å². The molecule has 0 aliphatic carbocycles. The molecule has 0 bridgehead atoms. The number of aliphatic hydroxyl groups is 2. The molecule has 10 nitrogen and oxygen atoms in total. The highest BCUT2D eigenvalue weighted by Gasteiger charge is 2.16. The van der Waals surface area contributed by atoms with E-state index in [1.54, 1.807) is 18.2 Å². The molecule has 0 saturated carbocycles. The van der Waals surface area contributed by atoms with Crippen molar-refractivity contribution in [2.75, 3.05) is 20.8 Å². The molecule has 2 atom stereocenters. The number of carbonyl (C=O) groups excluding carboxylic acids is 1. The normalized spacial score (nSPS) is 12.7. The van der Waals surface area contributed by atoms with Gasteiger partial charge in [0.25, 0.3) is 5.91 Å². The lowest BCUT2D eigenvalue weighted by atomic mass is 10.0. The summed E-state index contributed by atoms with van der Waals surface area (Å²) in [5.74, 6) is 0.527. The molecule has 0 aliphatic heterocycles. The molecule has 0 unspecified atom stereocenters. The Kier molecular flexibility index (Phi) is 9.15. The van der Waals surface area contributed by atoms with Crippen LogP contribution in [0.5, 0.6) is 23.0 Å². The number of aromatic nitrogens is 1. The Labute approximate surface area is 232 Å². The van der Waals surface area contributed by atoms with Crippen LogP contribution in [-0.2, 0) is 19.6 Å². The lowest BCUT2D eigenvalue weighted by Crippen LogP contribution is -2.32. The number of amides is 1. The van der Waals surface area contributed by atoms with Crippen molar-refractivity contribution in [3.63, 3.8) is 0 Å². The third kappa shape index (κ3) is 6.66. The Hall–Kier alpha value is -4.25. The Morgan fingerprint density at radius 3 is 2.40 bits per heavy atom. The molecule has 40 heavy (non-hydrogen) atoms. The van der Waals surface area contributed by atoms with Crippen molar-refractivity contribution in [3.8, 4) is 23.0 Å². The summed E-state index contributed by atoms with van der Waals surface area (Å²) in [6.07, 6.45) is -0.0871. The fourth-order valence-electron chi connectivity index (χ4n) is 4.64. The summed E-state index contributed by atoms with van der Waals surface area (Å²) in [6, 6.07) is 15.4. The summed E-state index contributed by atoms with van der Waals surface area (Å²) in [5, 5.41) is 46.5. The minimum absolute atomic E-state index is 0.00151. The van der Waals surface area contributed by atoms with E-state index in [2.05, 4.69) is 15.6 Å². The van der Waals surface area contributed by atoms with Crippen LogP contribution < -0.4 is 20.1 Å². The van der Waals surface area contributed by atoms with Gasteiger partial charge in [0.05, 0.1) is 39.0 Å². The highest BCUT2D eigenvalue weighted by Crippen LogP contribution is 2.33. The van der Waals surface area contributed by atoms with Gasteiger partial charge in [-0.2, -0.15) is 0 Å². The van der Waals surface area contributed by atoms with Gasteiger partial charge in [-0.15, -0.1) is 0 Å². The van der Waals surface area contributed by atoms with Gasteiger partial charge in [0.15, 0.2) is 0 Å². The Morgan fingerprint density at radius 2 is 1.73 bits per heavy atom. The van der Waals surface area contributed by atoms with E-state index in [0.717, 1.165) is 16.5 Å². The average molecular weight is 550 g/mol. The number of methoxy groups -OCH3 is 2. The first kappa shape index (κ1) is 28.8. The number of aromatic amines is 1. The Balaban J connectivity index is 1.36. The number of ether oxygens (including phenoxy) is 2. The van der Waals surface area contributed by atoms with Gasteiger partial charge >= 0.3 is 0 Å². The summed E-state index contributed by atoms with van der Waals surface area (Å²) >= 11 is 0. The van der Waals surface area contributed by atoms with Crippen molar-refractivity contribution >= 4 is 16.8 Å². The average Bonchev–Trinajstić information content (AvgIpc) is 3.38. The number of nitrogens with one attached hydrogen (secondary N) is 3. The number of fused-ring (bicyclic) bond motifs is 1. The maximum Gasteiger partial charge on any atom is 0.268 e. The summed E-state index contributed by atoms with van der Waals surface area (Å²) in [5.41, 5.74) is 3.91. The van der Waals surface area contributed by atoms with Crippen LogP contribution >= 0.6 is 0 Å². The molecule has 1 aromatic heterocycles. The zero-order chi connectivity index (χ0) is 28.8. The van der Waals surface area contributed by atoms with Gasteiger partial charge in [0.1, 0.15) is 28.7 Å². The number of phenolic OH excluding ortho intramolecular Hbond substituents is 1.